The van der Waals surface area contributed by atoms with Crippen molar-refractivity contribution < 1.29 is 4.39 Å². The molecule has 0 saturated carbocycles. The fourth-order valence-corrected chi connectivity index (χ4v) is 1.99. The van der Waals surface area contributed by atoms with Crippen LogP contribution in [0.2, 0.25) is 0 Å². The van der Waals surface area contributed by atoms with Gasteiger partial charge in [0.1, 0.15) is 5.82 Å². The van der Waals surface area contributed by atoms with Crippen molar-refractivity contribution in [3.63, 3.8) is 0 Å². The summed E-state index contributed by atoms with van der Waals surface area (Å²) >= 11 is 3.39. The lowest BCUT2D eigenvalue weighted by Crippen LogP contribution is -2.13. The van der Waals surface area contributed by atoms with Gasteiger partial charge in [-0.15, -0.1) is 0 Å². The van der Waals surface area contributed by atoms with Crippen molar-refractivity contribution in [3.05, 3.63) is 69.9 Å². The Morgan fingerprint density at radius 3 is 2.68 bits per heavy atom. The minimum Gasteiger partial charge on any atom is -0.302 e. The Hall–Kier alpha value is -1.63. The van der Waals surface area contributed by atoms with Crippen LogP contribution in [0.1, 0.15) is 11.1 Å². The first-order chi connectivity index (χ1) is 9.25. The predicted octanol–water partition coefficient (Wildman–Crippen LogP) is 3.73. The second-order valence-corrected chi connectivity index (χ2v) is 4.86. The van der Waals surface area contributed by atoms with Gasteiger partial charge in [-0.25, -0.2) is 4.39 Å². The van der Waals surface area contributed by atoms with Gasteiger partial charge in [0.05, 0.1) is 6.54 Å². The lowest BCUT2D eigenvalue weighted by Gasteiger charge is -2.04. The van der Waals surface area contributed by atoms with Crippen LogP contribution in [0.25, 0.3) is 0 Å². The molecule has 0 aliphatic carbocycles. The van der Waals surface area contributed by atoms with Gasteiger partial charge in [-0.3, -0.25) is 0 Å². The Bertz CT molecular complexity index is 599. The number of hydrogen-bond acceptors (Lipinski definition) is 1. The number of nitrogens with one attached hydrogen (secondary N) is 1. The average molecular weight is 318 g/mol. The van der Waals surface area contributed by atoms with Gasteiger partial charge in [0.15, 0.2) is 0 Å². The number of halogens is 2. The maximum atomic E-state index is 13.1. The number of hydrogen-bond donors (Lipinski definition) is 1. The summed E-state index contributed by atoms with van der Waals surface area (Å²) in [6.07, 6.45) is 0. The predicted molar refractivity (Wildman–Crippen MR) is 79.1 cm³/mol. The van der Waals surface area contributed by atoms with Gasteiger partial charge in [-0.2, -0.15) is 0 Å². The van der Waals surface area contributed by atoms with E-state index < -0.39 is 0 Å². The van der Waals surface area contributed by atoms with Gasteiger partial charge in [-0.1, -0.05) is 46.0 Å². The molecular weight excluding hydrogens is 305 g/mol. The van der Waals surface area contributed by atoms with Crippen LogP contribution < -0.4 is 5.32 Å². The van der Waals surface area contributed by atoms with E-state index in [1.165, 1.54) is 12.1 Å². The van der Waals surface area contributed by atoms with Gasteiger partial charge >= 0.3 is 0 Å². The summed E-state index contributed by atoms with van der Waals surface area (Å²) in [6.45, 7) is 1.15. The summed E-state index contributed by atoms with van der Waals surface area (Å²) < 4.78 is 14.0. The number of benzene rings is 2. The molecule has 0 spiro atoms. The zero-order valence-electron chi connectivity index (χ0n) is 10.3. The Labute approximate surface area is 121 Å². The van der Waals surface area contributed by atoms with Crippen LogP contribution in [0.5, 0.6) is 0 Å². The molecule has 2 rings (SSSR count). The molecule has 0 amide bonds. The standard InChI is InChI=1S/C16H13BrFN/c17-16-9-8-15(18)11-14(16)12-19-10-4-7-13-5-2-1-3-6-13/h1-3,5-6,8-9,11,19H,10,12H2. The fraction of sp³-hybridized carbons (Fsp3) is 0.125. The molecule has 0 fully saturated rings. The van der Waals surface area contributed by atoms with E-state index in [1.807, 2.05) is 30.3 Å². The van der Waals surface area contributed by atoms with E-state index in [0.29, 0.717) is 13.1 Å². The third-order valence-electron chi connectivity index (χ3n) is 2.54. The molecule has 0 radical (unpaired) electrons. The third kappa shape index (κ3) is 4.51. The Morgan fingerprint density at radius 1 is 1.11 bits per heavy atom. The first kappa shape index (κ1) is 13.8. The summed E-state index contributed by atoms with van der Waals surface area (Å²) in [5.41, 5.74) is 1.89. The molecule has 0 aliphatic rings. The molecule has 1 nitrogen and oxygen atoms in total. The van der Waals surface area contributed by atoms with E-state index in [4.69, 9.17) is 0 Å². The minimum absolute atomic E-state index is 0.227. The Morgan fingerprint density at radius 2 is 1.89 bits per heavy atom. The molecule has 96 valence electrons. The minimum atomic E-state index is -0.227. The summed E-state index contributed by atoms with van der Waals surface area (Å²) in [7, 11) is 0. The van der Waals surface area contributed by atoms with Gasteiger partial charge < -0.3 is 5.32 Å². The molecule has 2 aromatic rings. The SMILES string of the molecule is Fc1ccc(Br)c(CNCC#Cc2ccccc2)c1. The molecular formula is C16H13BrFN. The maximum Gasteiger partial charge on any atom is 0.123 e. The molecule has 0 unspecified atom stereocenters. The summed E-state index contributed by atoms with van der Waals surface area (Å²) in [4.78, 5) is 0. The molecule has 19 heavy (non-hydrogen) atoms. The highest BCUT2D eigenvalue weighted by Crippen LogP contribution is 2.17. The first-order valence-electron chi connectivity index (χ1n) is 5.94. The molecule has 0 aliphatic heterocycles. The average Bonchev–Trinajstić information content (AvgIpc) is 2.43. The van der Waals surface area contributed by atoms with E-state index in [9.17, 15) is 4.39 Å². The molecule has 0 bridgehead atoms. The smallest absolute Gasteiger partial charge is 0.123 e. The lowest BCUT2D eigenvalue weighted by atomic mass is 10.2. The van der Waals surface area contributed by atoms with Crippen LogP contribution in [-0.4, -0.2) is 6.54 Å². The van der Waals surface area contributed by atoms with E-state index >= 15 is 0 Å². The van der Waals surface area contributed by atoms with Crippen molar-refractivity contribution in [2.24, 2.45) is 0 Å². The summed E-state index contributed by atoms with van der Waals surface area (Å²) in [6, 6.07) is 14.5. The van der Waals surface area contributed by atoms with Crippen molar-refractivity contribution in [2.75, 3.05) is 6.54 Å². The van der Waals surface area contributed by atoms with Gasteiger partial charge in [-0.05, 0) is 35.9 Å². The van der Waals surface area contributed by atoms with E-state index in [0.717, 1.165) is 15.6 Å². The molecule has 2 aromatic carbocycles. The number of rotatable bonds is 3. The van der Waals surface area contributed by atoms with Gasteiger partial charge in [0.2, 0.25) is 0 Å². The molecule has 1 N–H and O–H groups in total. The highest BCUT2D eigenvalue weighted by molar-refractivity contribution is 9.10. The monoisotopic (exact) mass is 317 g/mol. The Balaban J connectivity index is 1.84. The highest BCUT2D eigenvalue weighted by Gasteiger charge is 2.00. The Kier molecular flexibility index (Phi) is 5.14. The molecule has 0 saturated heterocycles. The van der Waals surface area contributed by atoms with Crippen LogP contribution in [0.4, 0.5) is 4.39 Å². The molecule has 0 atom stereocenters. The normalized spacial score (nSPS) is 9.79. The molecule has 0 aromatic heterocycles. The van der Waals surface area contributed by atoms with Crippen molar-refractivity contribution in [2.45, 2.75) is 6.54 Å². The van der Waals surface area contributed by atoms with Crippen LogP contribution in [0.15, 0.2) is 53.0 Å². The van der Waals surface area contributed by atoms with Crippen LogP contribution in [0, 0.1) is 17.7 Å². The van der Waals surface area contributed by atoms with Crippen molar-refractivity contribution in [1.82, 2.24) is 5.32 Å². The van der Waals surface area contributed by atoms with Crippen molar-refractivity contribution >= 4 is 15.9 Å². The first-order valence-corrected chi connectivity index (χ1v) is 6.73. The van der Waals surface area contributed by atoms with Gasteiger partial charge in [0, 0.05) is 16.6 Å². The van der Waals surface area contributed by atoms with E-state index in [1.54, 1.807) is 6.07 Å². The third-order valence-corrected chi connectivity index (χ3v) is 3.32. The highest BCUT2D eigenvalue weighted by atomic mass is 79.9. The second kappa shape index (κ2) is 7.08. The second-order valence-electron chi connectivity index (χ2n) is 4.01. The quantitative estimate of drug-likeness (QED) is 0.672. The van der Waals surface area contributed by atoms with Crippen molar-refractivity contribution in [3.8, 4) is 11.8 Å². The summed E-state index contributed by atoms with van der Waals surface area (Å²) in [5.74, 6) is 5.87. The van der Waals surface area contributed by atoms with E-state index in [2.05, 4.69) is 33.1 Å². The zero-order chi connectivity index (χ0) is 13.5. The summed E-state index contributed by atoms with van der Waals surface area (Å²) in [5, 5.41) is 3.17. The maximum absolute atomic E-state index is 13.1. The molecule has 3 heteroatoms. The molecule has 0 heterocycles. The van der Waals surface area contributed by atoms with E-state index in [-0.39, 0.29) is 5.82 Å². The lowest BCUT2D eigenvalue weighted by molar-refractivity contribution is 0.622. The van der Waals surface area contributed by atoms with Crippen LogP contribution >= 0.6 is 15.9 Å². The fourth-order valence-electron chi connectivity index (χ4n) is 1.61. The van der Waals surface area contributed by atoms with Crippen LogP contribution in [-0.2, 0) is 6.54 Å². The van der Waals surface area contributed by atoms with Crippen molar-refractivity contribution in [1.29, 1.82) is 0 Å². The largest absolute Gasteiger partial charge is 0.302 e. The van der Waals surface area contributed by atoms with Gasteiger partial charge in [0.25, 0.3) is 0 Å². The topological polar surface area (TPSA) is 12.0 Å². The zero-order valence-corrected chi connectivity index (χ0v) is 11.9. The van der Waals surface area contributed by atoms with Crippen LogP contribution in [0.3, 0.4) is 0 Å².